The van der Waals surface area contributed by atoms with E-state index in [1.54, 1.807) is 7.11 Å². The third kappa shape index (κ3) is 1.61. The van der Waals surface area contributed by atoms with Crippen LogP contribution in [0.1, 0.15) is 11.0 Å². The Bertz CT molecular complexity index is 242. The number of aliphatic hydroxyl groups excluding tert-OH is 1. The van der Waals surface area contributed by atoms with Gasteiger partial charge in [0, 0.05) is 0 Å². The molecular formula is C8H10O2S. The van der Waals surface area contributed by atoms with Gasteiger partial charge in [0.25, 0.3) is 0 Å². The first-order valence-corrected chi connectivity index (χ1v) is 4.09. The number of rotatable bonds is 3. The van der Waals surface area contributed by atoms with E-state index in [0.717, 1.165) is 10.6 Å². The molecule has 0 fully saturated rings. The molecule has 0 saturated heterocycles. The Kier molecular flexibility index (Phi) is 2.68. The second-order valence-electron chi connectivity index (χ2n) is 2.03. The van der Waals surface area contributed by atoms with Crippen LogP contribution < -0.4 is 4.74 Å². The lowest BCUT2D eigenvalue weighted by Gasteiger charge is -2.04. The second kappa shape index (κ2) is 3.55. The normalized spacial score (nSPS) is 12.5. The number of hydrogen-bond acceptors (Lipinski definition) is 3. The molecule has 0 aliphatic carbocycles. The molecule has 3 heteroatoms. The molecule has 11 heavy (non-hydrogen) atoms. The Hall–Kier alpha value is -0.800. The van der Waals surface area contributed by atoms with Crippen LogP contribution in [0.2, 0.25) is 0 Å². The fraction of sp³-hybridized carbons (Fsp3) is 0.250. The van der Waals surface area contributed by atoms with Crippen molar-refractivity contribution in [1.82, 2.24) is 0 Å². The molecule has 1 N–H and O–H groups in total. The number of methoxy groups -OCH3 is 1. The number of hydrogen-bond donors (Lipinski definition) is 1. The van der Waals surface area contributed by atoms with E-state index in [2.05, 4.69) is 6.58 Å². The zero-order chi connectivity index (χ0) is 8.27. The summed E-state index contributed by atoms with van der Waals surface area (Å²) in [6, 6.07) is 1.83. The Morgan fingerprint density at radius 3 is 3.09 bits per heavy atom. The summed E-state index contributed by atoms with van der Waals surface area (Å²) in [4.78, 5) is 0.808. The third-order valence-corrected chi connectivity index (χ3v) is 2.34. The fourth-order valence-corrected chi connectivity index (χ4v) is 1.64. The summed E-state index contributed by atoms with van der Waals surface area (Å²) < 4.78 is 5.01. The van der Waals surface area contributed by atoms with E-state index < -0.39 is 6.10 Å². The molecule has 60 valence electrons. The topological polar surface area (TPSA) is 29.5 Å². The second-order valence-corrected chi connectivity index (χ2v) is 2.98. The van der Waals surface area contributed by atoms with Crippen LogP contribution in [0, 0.1) is 0 Å². The lowest BCUT2D eigenvalue weighted by atomic mass is 10.3. The van der Waals surface area contributed by atoms with Crippen molar-refractivity contribution < 1.29 is 9.84 Å². The highest BCUT2D eigenvalue weighted by Gasteiger charge is 2.10. The standard InChI is InChI=1S/C8H10O2S/c1-3-6(9)8-7(10-2)4-5-11-8/h3-6,9H,1H2,2H3. The zero-order valence-electron chi connectivity index (χ0n) is 6.28. The van der Waals surface area contributed by atoms with E-state index in [0.29, 0.717) is 0 Å². The van der Waals surface area contributed by atoms with Crippen molar-refractivity contribution in [3.8, 4) is 5.75 Å². The molecule has 1 heterocycles. The maximum absolute atomic E-state index is 9.34. The van der Waals surface area contributed by atoms with Crippen LogP contribution in [0.15, 0.2) is 24.1 Å². The van der Waals surface area contributed by atoms with Crippen LogP contribution in [0.4, 0.5) is 0 Å². The van der Waals surface area contributed by atoms with Crippen molar-refractivity contribution in [2.24, 2.45) is 0 Å². The number of thiophene rings is 1. The molecule has 0 aliphatic heterocycles. The van der Waals surface area contributed by atoms with Crippen molar-refractivity contribution in [2.75, 3.05) is 7.11 Å². The predicted molar refractivity (Wildman–Crippen MR) is 46.0 cm³/mol. The van der Waals surface area contributed by atoms with Gasteiger partial charge in [-0.3, -0.25) is 0 Å². The van der Waals surface area contributed by atoms with Crippen LogP contribution in [0.25, 0.3) is 0 Å². The Labute approximate surface area is 69.7 Å². The smallest absolute Gasteiger partial charge is 0.135 e. The van der Waals surface area contributed by atoms with Crippen molar-refractivity contribution in [3.05, 3.63) is 29.0 Å². The molecule has 1 rings (SSSR count). The average molecular weight is 170 g/mol. The molecular weight excluding hydrogens is 160 g/mol. The van der Waals surface area contributed by atoms with E-state index in [1.165, 1.54) is 17.4 Å². The average Bonchev–Trinajstić information content (AvgIpc) is 2.50. The van der Waals surface area contributed by atoms with Crippen LogP contribution in [-0.4, -0.2) is 12.2 Å². The van der Waals surface area contributed by atoms with Gasteiger partial charge in [-0.05, 0) is 11.4 Å². The molecule has 0 aromatic carbocycles. The molecule has 0 aliphatic rings. The predicted octanol–water partition coefficient (Wildman–Crippen LogP) is 1.98. The summed E-state index contributed by atoms with van der Waals surface area (Å²) in [6.07, 6.45) is 0.874. The minimum absolute atomic E-state index is 0.607. The molecule has 0 spiro atoms. The fourth-order valence-electron chi connectivity index (χ4n) is 0.800. The van der Waals surface area contributed by atoms with Gasteiger partial charge in [-0.25, -0.2) is 0 Å². The van der Waals surface area contributed by atoms with E-state index in [4.69, 9.17) is 4.74 Å². The minimum Gasteiger partial charge on any atom is -0.495 e. The summed E-state index contributed by atoms with van der Waals surface area (Å²) >= 11 is 1.46. The highest BCUT2D eigenvalue weighted by Crippen LogP contribution is 2.30. The highest BCUT2D eigenvalue weighted by molar-refractivity contribution is 7.10. The lowest BCUT2D eigenvalue weighted by molar-refractivity contribution is 0.227. The molecule has 1 atom stereocenters. The Balaban J connectivity index is 2.91. The molecule has 0 amide bonds. The molecule has 2 nitrogen and oxygen atoms in total. The van der Waals surface area contributed by atoms with E-state index >= 15 is 0 Å². The summed E-state index contributed by atoms with van der Waals surface area (Å²) in [6.45, 7) is 3.49. The van der Waals surface area contributed by atoms with Crippen LogP contribution in [0.5, 0.6) is 5.75 Å². The van der Waals surface area contributed by atoms with Gasteiger partial charge in [-0.15, -0.1) is 17.9 Å². The first kappa shape index (κ1) is 8.30. The quantitative estimate of drug-likeness (QED) is 0.703. The van der Waals surface area contributed by atoms with E-state index in [9.17, 15) is 5.11 Å². The van der Waals surface area contributed by atoms with Gasteiger partial charge in [0.05, 0.1) is 12.0 Å². The Morgan fingerprint density at radius 1 is 1.82 bits per heavy atom. The van der Waals surface area contributed by atoms with Gasteiger partial charge >= 0.3 is 0 Å². The molecule has 1 unspecified atom stereocenters. The van der Waals surface area contributed by atoms with Gasteiger partial charge < -0.3 is 9.84 Å². The van der Waals surface area contributed by atoms with Crippen LogP contribution in [-0.2, 0) is 0 Å². The number of ether oxygens (including phenoxy) is 1. The van der Waals surface area contributed by atoms with E-state index in [1.807, 2.05) is 11.4 Å². The van der Waals surface area contributed by atoms with Crippen molar-refractivity contribution in [3.63, 3.8) is 0 Å². The summed E-state index contributed by atoms with van der Waals surface area (Å²) in [5.41, 5.74) is 0. The molecule has 0 bridgehead atoms. The van der Waals surface area contributed by atoms with Gasteiger partial charge in [-0.1, -0.05) is 6.08 Å². The first-order chi connectivity index (χ1) is 5.29. The maximum Gasteiger partial charge on any atom is 0.135 e. The monoisotopic (exact) mass is 170 g/mol. The molecule has 0 radical (unpaired) electrons. The van der Waals surface area contributed by atoms with Gasteiger partial charge in [0.1, 0.15) is 11.9 Å². The van der Waals surface area contributed by atoms with Crippen LogP contribution in [0.3, 0.4) is 0 Å². The van der Waals surface area contributed by atoms with Gasteiger partial charge in [0.15, 0.2) is 0 Å². The summed E-state index contributed by atoms with van der Waals surface area (Å²) in [7, 11) is 1.58. The highest BCUT2D eigenvalue weighted by atomic mass is 32.1. The van der Waals surface area contributed by atoms with Gasteiger partial charge in [-0.2, -0.15) is 0 Å². The lowest BCUT2D eigenvalue weighted by Crippen LogP contribution is -1.91. The molecule has 1 aromatic rings. The minimum atomic E-state index is -0.607. The maximum atomic E-state index is 9.34. The Morgan fingerprint density at radius 2 is 2.55 bits per heavy atom. The van der Waals surface area contributed by atoms with Crippen LogP contribution >= 0.6 is 11.3 Å². The summed E-state index contributed by atoms with van der Waals surface area (Å²) in [5.74, 6) is 0.724. The molecule has 1 aromatic heterocycles. The van der Waals surface area contributed by atoms with Crippen molar-refractivity contribution in [1.29, 1.82) is 0 Å². The third-order valence-electron chi connectivity index (χ3n) is 1.37. The van der Waals surface area contributed by atoms with E-state index in [-0.39, 0.29) is 0 Å². The van der Waals surface area contributed by atoms with Crippen molar-refractivity contribution >= 4 is 11.3 Å². The molecule has 0 saturated carbocycles. The zero-order valence-corrected chi connectivity index (χ0v) is 7.10. The van der Waals surface area contributed by atoms with Crippen molar-refractivity contribution in [2.45, 2.75) is 6.10 Å². The SMILES string of the molecule is C=CC(O)c1sccc1OC. The largest absolute Gasteiger partial charge is 0.495 e. The summed E-state index contributed by atoms with van der Waals surface area (Å²) in [5, 5.41) is 11.2. The van der Waals surface area contributed by atoms with Gasteiger partial charge in [0.2, 0.25) is 0 Å². The first-order valence-electron chi connectivity index (χ1n) is 3.21. The number of aliphatic hydroxyl groups is 1.